The van der Waals surface area contributed by atoms with Gasteiger partial charge in [0.1, 0.15) is 12.2 Å². The van der Waals surface area contributed by atoms with E-state index < -0.39 is 23.5 Å². The van der Waals surface area contributed by atoms with E-state index in [9.17, 15) is 24.3 Å². The molecule has 3 amide bonds. The van der Waals surface area contributed by atoms with Crippen molar-refractivity contribution in [1.82, 2.24) is 10.2 Å². The first-order valence-corrected chi connectivity index (χ1v) is 9.53. The molecule has 1 fully saturated rings. The van der Waals surface area contributed by atoms with Crippen molar-refractivity contribution >= 4 is 29.4 Å². The van der Waals surface area contributed by atoms with Crippen LogP contribution in [0.3, 0.4) is 0 Å². The Labute approximate surface area is 163 Å². The van der Waals surface area contributed by atoms with Gasteiger partial charge in [-0.1, -0.05) is 25.5 Å². The molecule has 1 aromatic rings. The minimum atomic E-state index is -0.954. The fourth-order valence-electron chi connectivity index (χ4n) is 4.04. The highest BCUT2D eigenvalue weighted by Crippen LogP contribution is 2.43. The number of nitrogens with zero attached hydrogens (tertiary/aromatic N) is 2. The first kappa shape index (κ1) is 19.9. The number of fused-ring (bicyclic) bond motifs is 3. The molecule has 2 heterocycles. The predicted molar refractivity (Wildman–Crippen MR) is 102 cm³/mol. The number of anilines is 1. The molecule has 8 heteroatoms. The zero-order valence-electron chi connectivity index (χ0n) is 16.1. The molecule has 2 N–H and O–H groups in total. The Balaban J connectivity index is 1.80. The number of benzene rings is 1. The lowest BCUT2D eigenvalue weighted by Gasteiger charge is -2.48. The lowest BCUT2D eigenvalue weighted by Crippen LogP contribution is -2.64. The number of amides is 3. The van der Waals surface area contributed by atoms with E-state index in [1.54, 1.807) is 36.1 Å². The van der Waals surface area contributed by atoms with Gasteiger partial charge in [0.15, 0.2) is 0 Å². The third-order valence-electron chi connectivity index (χ3n) is 5.58. The highest BCUT2D eigenvalue weighted by molar-refractivity contribution is 6.11. The van der Waals surface area contributed by atoms with Gasteiger partial charge in [-0.3, -0.25) is 24.1 Å². The monoisotopic (exact) mass is 387 g/mol. The summed E-state index contributed by atoms with van der Waals surface area (Å²) in [5, 5.41) is 11.9. The van der Waals surface area contributed by atoms with Crippen LogP contribution in [0.1, 0.15) is 49.9 Å². The molecule has 2 aliphatic rings. The van der Waals surface area contributed by atoms with Crippen molar-refractivity contribution in [2.75, 3.05) is 18.0 Å². The summed E-state index contributed by atoms with van der Waals surface area (Å²) in [7, 11) is 0. The van der Waals surface area contributed by atoms with Gasteiger partial charge in [-0.25, -0.2) is 0 Å². The van der Waals surface area contributed by atoms with Crippen molar-refractivity contribution in [3.8, 4) is 0 Å². The van der Waals surface area contributed by atoms with E-state index in [4.69, 9.17) is 0 Å². The molecular formula is C20H25N3O5. The molecule has 0 aliphatic carbocycles. The molecule has 28 heavy (non-hydrogen) atoms. The van der Waals surface area contributed by atoms with Crippen LogP contribution in [0.2, 0.25) is 0 Å². The number of nitrogens with one attached hydrogen (secondary N) is 1. The van der Waals surface area contributed by atoms with Crippen LogP contribution < -0.4 is 10.2 Å². The molecule has 8 nitrogen and oxygen atoms in total. The Morgan fingerprint density at radius 3 is 2.68 bits per heavy atom. The second-order valence-electron chi connectivity index (χ2n) is 7.48. The maximum atomic E-state index is 13.1. The summed E-state index contributed by atoms with van der Waals surface area (Å²) < 4.78 is 0. The number of hydrogen-bond acceptors (Lipinski definition) is 4. The topological polar surface area (TPSA) is 107 Å². The number of carbonyl (C=O) groups excluding carboxylic acids is 3. The number of aliphatic carboxylic acids is 1. The number of hydrogen-bond donors (Lipinski definition) is 2. The van der Waals surface area contributed by atoms with E-state index in [1.165, 1.54) is 4.90 Å². The average Bonchev–Trinajstić information content (AvgIpc) is 2.97. The Kier molecular flexibility index (Phi) is 5.40. The minimum absolute atomic E-state index is 0.0139. The van der Waals surface area contributed by atoms with Crippen molar-refractivity contribution in [2.24, 2.45) is 5.92 Å². The van der Waals surface area contributed by atoms with Crippen molar-refractivity contribution in [3.05, 3.63) is 29.8 Å². The molecule has 3 rings (SSSR count). The molecule has 1 aromatic carbocycles. The molecular weight excluding hydrogens is 362 g/mol. The quantitative estimate of drug-likeness (QED) is 0.739. The van der Waals surface area contributed by atoms with Crippen LogP contribution in [0.5, 0.6) is 0 Å². The third kappa shape index (κ3) is 3.34. The van der Waals surface area contributed by atoms with Gasteiger partial charge in [0.05, 0.1) is 17.2 Å². The Morgan fingerprint density at radius 1 is 1.29 bits per heavy atom. The van der Waals surface area contributed by atoms with E-state index >= 15 is 0 Å². The molecule has 2 aliphatic heterocycles. The first-order valence-electron chi connectivity index (χ1n) is 9.53. The van der Waals surface area contributed by atoms with Gasteiger partial charge in [-0.15, -0.1) is 0 Å². The smallest absolute Gasteiger partial charge is 0.308 e. The summed E-state index contributed by atoms with van der Waals surface area (Å²) in [6.07, 6.45) is 1.90. The molecule has 0 radical (unpaired) electrons. The van der Waals surface area contributed by atoms with Crippen LogP contribution in [0.4, 0.5) is 5.69 Å². The summed E-state index contributed by atoms with van der Waals surface area (Å²) in [5.41, 5.74) is 0.0515. The Morgan fingerprint density at radius 2 is 2.00 bits per heavy atom. The van der Waals surface area contributed by atoms with Gasteiger partial charge >= 0.3 is 5.97 Å². The lowest BCUT2D eigenvalue weighted by molar-refractivity contribution is -0.142. The molecule has 150 valence electrons. The number of para-hydroxylation sites is 1. The molecule has 0 spiro atoms. The van der Waals surface area contributed by atoms with E-state index in [1.807, 2.05) is 6.92 Å². The van der Waals surface area contributed by atoms with E-state index in [-0.39, 0.29) is 24.9 Å². The van der Waals surface area contributed by atoms with Crippen LogP contribution >= 0.6 is 0 Å². The minimum Gasteiger partial charge on any atom is -0.481 e. The largest absolute Gasteiger partial charge is 0.481 e. The number of carboxylic acid groups (broad SMARTS) is 1. The predicted octanol–water partition coefficient (Wildman–Crippen LogP) is 1.60. The van der Waals surface area contributed by atoms with E-state index in [2.05, 4.69) is 5.32 Å². The Hall–Kier alpha value is -2.90. The van der Waals surface area contributed by atoms with Crippen LogP contribution in [0.15, 0.2) is 24.3 Å². The third-order valence-corrected chi connectivity index (χ3v) is 5.58. The van der Waals surface area contributed by atoms with Crippen molar-refractivity contribution in [3.63, 3.8) is 0 Å². The molecule has 0 saturated carbocycles. The van der Waals surface area contributed by atoms with Gasteiger partial charge in [-0.2, -0.15) is 0 Å². The Bertz CT molecular complexity index is 824. The van der Waals surface area contributed by atoms with Gasteiger partial charge in [0.2, 0.25) is 11.8 Å². The van der Waals surface area contributed by atoms with Gasteiger partial charge < -0.3 is 15.3 Å². The van der Waals surface area contributed by atoms with E-state index in [0.29, 0.717) is 36.9 Å². The highest BCUT2D eigenvalue weighted by atomic mass is 16.4. The van der Waals surface area contributed by atoms with Crippen molar-refractivity contribution < 1.29 is 24.3 Å². The molecule has 0 bridgehead atoms. The van der Waals surface area contributed by atoms with Gasteiger partial charge in [-0.05, 0) is 31.9 Å². The second-order valence-corrected chi connectivity index (χ2v) is 7.48. The number of carboxylic acids is 1. The molecule has 2 atom stereocenters. The van der Waals surface area contributed by atoms with Crippen LogP contribution in [-0.4, -0.2) is 52.4 Å². The summed E-state index contributed by atoms with van der Waals surface area (Å²) >= 11 is 0. The highest BCUT2D eigenvalue weighted by Gasteiger charge is 2.53. The van der Waals surface area contributed by atoms with Gasteiger partial charge in [0.25, 0.3) is 5.91 Å². The maximum absolute atomic E-state index is 13.1. The van der Waals surface area contributed by atoms with Crippen LogP contribution in [0, 0.1) is 5.92 Å². The summed E-state index contributed by atoms with van der Waals surface area (Å²) in [6, 6.07) is 6.89. The summed E-state index contributed by atoms with van der Waals surface area (Å²) in [4.78, 5) is 52.4. The maximum Gasteiger partial charge on any atom is 0.308 e. The average molecular weight is 387 g/mol. The van der Waals surface area contributed by atoms with E-state index in [0.717, 1.165) is 0 Å². The zero-order chi connectivity index (χ0) is 20.5. The molecule has 1 saturated heterocycles. The summed E-state index contributed by atoms with van der Waals surface area (Å²) in [5.74, 6) is -2.43. The van der Waals surface area contributed by atoms with Crippen LogP contribution in [-0.2, 0) is 14.4 Å². The molecule has 0 aromatic heterocycles. The normalized spacial score (nSPS) is 21.9. The van der Waals surface area contributed by atoms with Crippen molar-refractivity contribution in [1.29, 1.82) is 0 Å². The summed E-state index contributed by atoms with van der Waals surface area (Å²) in [6.45, 7) is 3.45. The zero-order valence-corrected chi connectivity index (χ0v) is 16.1. The lowest BCUT2D eigenvalue weighted by atomic mass is 9.98. The standard InChI is InChI=1S/C20H25N3O5/c1-3-6-13(19(27)28)11-21-16(24)12-22-18(26)14-7-4-5-8-15(14)23-17(25)9-10-20(22,23)2/h4-5,7-8,13H,3,6,9-12H2,1-2H3,(H,21,24)(H,27,28). The second kappa shape index (κ2) is 7.61. The fourth-order valence-corrected chi connectivity index (χ4v) is 4.04. The van der Waals surface area contributed by atoms with Gasteiger partial charge in [0, 0.05) is 13.0 Å². The van der Waals surface area contributed by atoms with Crippen molar-refractivity contribution in [2.45, 2.75) is 45.2 Å². The number of carbonyl (C=O) groups is 4. The number of rotatable bonds is 7. The molecule has 2 unspecified atom stereocenters. The van der Waals surface area contributed by atoms with Crippen LogP contribution in [0.25, 0.3) is 0 Å². The SMILES string of the molecule is CCCC(CNC(=O)CN1C(=O)c2ccccc2N2C(=O)CCC12C)C(=O)O. The first-order chi connectivity index (χ1) is 13.3. The fraction of sp³-hybridized carbons (Fsp3) is 0.500.